The Hall–Kier alpha value is -3.13. The van der Waals surface area contributed by atoms with Gasteiger partial charge >= 0.3 is 5.69 Å². The number of carbonyl (C=O) groups excluding carboxylic acids is 1. The van der Waals surface area contributed by atoms with Crippen molar-refractivity contribution >= 4 is 17.4 Å². The van der Waals surface area contributed by atoms with Crippen molar-refractivity contribution < 1.29 is 18.3 Å². The number of alkyl halides is 2. The lowest BCUT2D eigenvalue weighted by atomic mass is 9.80. The molecule has 0 bridgehead atoms. The molecule has 1 saturated carbocycles. The van der Waals surface area contributed by atoms with Crippen LogP contribution in [0.3, 0.4) is 0 Å². The summed E-state index contributed by atoms with van der Waals surface area (Å²) >= 11 is 6.41. The third-order valence-electron chi connectivity index (χ3n) is 7.09. The molecule has 0 spiro atoms. The lowest BCUT2D eigenvalue weighted by molar-refractivity contribution is -0.149. The fourth-order valence-electron chi connectivity index (χ4n) is 3.92. The second-order valence-corrected chi connectivity index (χ2v) is 10.7. The molecule has 0 amide bonds. The molecule has 9 heteroatoms. The molecule has 2 aromatic carbocycles. The second-order valence-electron chi connectivity index (χ2n) is 10.3. The smallest absolute Gasteiger partial charge is 0.348 e. The molecule has 1 aliphatic rings. The minimum atomic E-state index is -3.13. The van der Waals surface area contributed by atoms with Crippen LogP contribution in [0.4, 0.5) is 8.78 Å². The number of nitrogens with zero attached hydrogens (tertiary/aromatic N) is 2. The number of ether oxygens (including phenoxy) is 1. The van der Waals surface area contributed by atoms with Crippen LogP contribution in [0.15, 0.2) is 47.3 Å². The van der Waals surface area contributed by atoms with Crippen molar-refractivity contribution in [2.75, 3.05) is 0 Å². The maximum atomic E-state index is 13.8. The molecule has 1 aromatic heterocycles. The van der Waals surface area contributed by atoms with E-state index in [0.29, 0.717) is 27.6 Å². The summed E-state index contributed by atoms with van der Waals surface area (Å²) in [7, 11) is 0. The minimum Gasteiger partial charge on any atom is -0.490 e. The molecule has 0 saturated heterocycles. The highest BCUT2D eigenvalue weighted by atomic mass is 35.5. The number of benzene rings is 2. The van der Waals surface area contributed by atoms with Gasteiger partial charge in [-0.2, -0.15) is 4.98 Å². The van der Waals surface area contributed by atoms with Gasteiger partial charge in [-0.3, -0.25) is 9.78 Å². The van der Waals surface area contributed by atoms with E-state index in [9.17, 15) is 18.4 Å². The number of aromatic nitrogens is 3. The first kappa shape index (κ1) is 26.9. The number of hydrogen-bond acceptors (Lipinski definition) is 5. The Morgan fingerprint density at radius 1 is 1.14 bits per heavy atom. The van der Waals surface area contributed by atoms with Crippen LogP contribution in [0, 0.1) is 11.3 Å². The lowest BCUT2D eigenvalue weighted by Crippen LogP contribution is -2.40. The van der Waals surface area contributed by atoms with Crippen LogP contribution in [0.25, 0.3) is 22.8 Å². The van der Waals surface area contributed by atoms with Gasteiger partial charge in [-0.25, -0.2) is 18.6 Å². The SMILES string of the molecule is C[C@H](Oc1ccc(-c2nc(-c3cc(CCC(=O)C(C)(C)C(C)(F)F)ccc3Cl)[nH]c(=O)n2)cc1)C1CC1. The van der Waals surface area contributed by atoms with Gasteiger partial charge in [0.2, 0.25) is 0 Å². The predicted octanol–water partition coefficient (Wildman–Crippen LogP) is 6.51. The van der Waals surface area contributed by atoms with E-state index in [0.717, 1.165) is 12.7 Å². The van der Waals surface area contributed by atoms with Crippen LogP contribution in [0.2, 0.25) is 5.02 Å². The number of halogens is 3. The molecule has 0 aliphatic heterocycles. The van der Waals surface area contributed by atoms with Gasteiger partial charge in [-0.05, 0) is 87.9 Å². The average molecular weight is 530 g/mol. The predicted molar refractivity (Wildman–Crippen MR) is 139 cm³/mol. The summed E-state index contributed by atoms with van der Waals surface area (Å²) in [6.45, 7) is 5.32. The van der Waals surface area contributed by atoms with Gasteiger partial charge in [0.1, 0.15) is 17.4 Å². The van der Waals surface area contributed by atoms with Gasteiger partial charge in [-0.1, -0.05) is 17.7 Å². The number of carbonyl (C=O) groups is 1. The molecule has 6 nitrogen and oxygen atoms in total. The van der Waals surface area contributed by atoms with Crippen molar-refractivity contribution in [2.45, 2.75) is 65.4 Å². The molecule has 37 heavy (non-hydrogen) atoms. The zero-order valence-corrected chi connectivity index (χ0v) is 22.0. The number of hydrogen-bond donors (Lipinski definition) is 1. The Labute approximate surface area is 219 Å². The van der Waals surface area contributed by atoms with Crippen LogP contribution in [0.5, 0.6) is 5.75 Å². The fourth-order valence-corrected chi connectivity index (χ4v) is 4.13. The maximum absolute atomic E-state index is 13.8. The highest BCUT2D eigenvalue weighted by Gasteiger charge is 2.47. The van der Waals surface area contributed by atoms with Crippen molar-refractivity contribution in [1.29, 1.82) is 0 Å². The van der Waals surface area contributed by atoms with E-state index in [1.54, 1.807) is 30.3 Å². The van der Waals surface area contributed by atoms with E-state index in [1.165, 1.54) is 26.7 Å². The average Bonchev–Trinajstić information content (AvgIpc) is 3.68. The molecule has 1 heterocycles. The second kappa shape index (κ2) is 10.3. The van der Waals surface area contributed by atoms with E-state index in [1.807, 2.05) is 12.1 Å². The number of nitrogens with one attached hydrogen (secondary N) is 1. The summed E-state index contributed by atoms with van der Waals surface area (Å²) in [6.07, 6.45) is 2.72. The van der Waals surface area contributed by atoms with Crippen molar-refractivity contribution in [2.24, 2.45) is 11.3 Å². The van der Waals surface area contributed by atoms with Crippen LogP contribution in [-0.2, 0) is 11.2 Å². The molecule has 0 radical (unpaired) electrons. The number of Topliss-reactive ketones (excluding diaryl/α,β-unsaturated/α-hetero) is 1. The van der Waals surface area contributed by atoms with E-state index in [2.05, 4.69) is 21.9 Å². The summed E-state index contributed by atoms with van der Waals surface area (Å²) < 4.78 is 33.7. The van der Waals surface area contributed by atoms with Gasteiger partial charge in [0, 0.05) is 24.5 Å². The Kier molecular flexibility index (Phi) is 7.51. The first-order chi connectivity index (χ1) is 17.3. The number of aryl methyl sites for hydroxylation is 1. The van der Waals surface area contributed by atoms with Crippen LogP contribution in [0.1, 0.15) is 52.5 Å². The van der Waals surface area contributed by atoms with Crippen LogP contribution >= 0.6 is 11.6 Å². The highest BCUT2D eigenvalue weighted by molar-refractivity contribution is 6.33. The van der Waals surface area contributed by atoms with Crippen molar-refractivity contribution in [3.63, 3.8) is 0 Å². The molecular formula is C28H30ClF2N3O3. The maximum Gasteiger partial charge on any atom is 0.348 e. The number of H-pyrrole nitrogens is 1. The summed E-state index contributed by atoms with van der Waals surface area (Å²) in [5.74, 6) is -1.88. The van der Waals surface area contributed by atoms with Crippen molar-refractivity contribution in [1.82, 2.24) is 15.0 Å². The van der Waals surface area contributed by atoms with Crippen LogP contribution in [-0.4, -0.2) is 32.8 Å². The summed E-state index contributed by atoms with van der Waals surface area (Å²) in [5, 5.41) is 0.341. The van der Waals surface area contributed by atoms with E-state index >= 15 is 0 Å². The highest BCUT2D eigenvalue weighted by Crippen LogP contribution is 2.38. The first-order valence-electron chi connectivity index (χ1n) is 12.3. The third kappa shape index (κ3) is 6.24. The molecule has 0 unspecified atom stereocenters. The van der Waals surface area contributed by atoms with E-state index < -0.39 is 22.8 Å². The van der Waals surface area contributed by atoms with E-state index in [4.69, 9.17) is 16.3 Å². The van der Waals surface area contributed by atoms with Crippen molar-refractivity contribution in [3.8, 4) is 28.5 Å². The summed E-state index contributed by atoms with van der Waals surface area (Å²) in [4.78, 5) is 36.0. The van der Waals surface area contributed by atoms with Gasteiger partial charge in [0.25, 0.3) is 5.92 Å². The summed E-state index contributed by atoms with van der Waals surface area (Å²) in [6, 6.07) is 12.3. The molecular weight excluding hydrogens is 500 g/mol. The molecule has 1 N–H and O–H groups in total. The minimum absolute atomic E-state index is 0.0587. The monoisotopic (exact) mass is 529 g/mol. The number of aromatic amines is 1. The zero-order valence-electron chi connectivity index (χ0n) is 21.3. The Morgan fingerprint density at radius 2 is 1.81 bits per heavy atom. The quantitative estimate of drug-likeness (QED) is 0.323. The summed E-state index contributed by atoms with van der Waals surface area (Å²) in [5.41, 5.74) is -0.572. The van der Waals surface area contributed by atoms with Gasteiger partial charge < -0.3 is 4.74 Å². The standard InChI is InChI=1S/C28H30ClF2N3O3/c1-16(18-7-8-18)37-20-11-9-19(10-12-20)24-32-25(34-26(36)33-24)21-15-17(5-13-22(21)29)6-14-23(35)27(2,3)28(4,30)31/h5,9-13,15-16,18H,6-8,14H2,1-4H3,(H,32,33,34,36)/t16-/m0/s1. The van der Waals surface area contributed by atoms with Crippen LogP contribution < -0.4 is 10.4 Å². The first-order valence-corrected chi connectivity index (χ1v) is 12.7. The Bertz CT molecular complexity index is 1350. The molecule has 3 aromatic rings. The Morgan fingerprint density at radius 3 is 2.43 bits per heavy atom. The number of ketones is 1. The normalized spacial score (nSPS) is 14.9. The largest absolute Gasteiger partial charge is 0.490 e. The van der Waals surface area contributed by atoms with Gasteiger partial charge in [-0.15, -0.1) is 0 Å². The molecule has 1 fully saturated rings. The Balaban J connectivity index is 1.55. The molecule has 1 atom stereocenters. The lowest BCUT2D eigenvalue weighted by Gasteiger charge is -2.29. The van der Waals surface area contributed by atoms with Gasteiger partial charge in [0.05, 0.1) is 16.5 Å². The van der Waals surface area contributed by atoms with Gasteiger partial charge in [0.15, 0.2) is 5.82 Å². The third-order valence-corrected chi connectivity index (χ3v) is 7.42. The number of rotatable bonds is 10. The zero-order chi connectivity index (χ0) is 27.0. The fraction of sp³-hybridized carbons (Fsp3) is 0.429. The van der Waals surface area contributed by atoms with Crippen molar-refractivity contribution in [3.05, 3.63) is 63.5 Å². The topological polar surface area (TPSA) is 84.9 Å². The molecule has 196 valence electrons. The molecule has 1 aliphatic carbocycles. The molecule has 4 rings (SSSR count). The van der Waals surface area contributed by atoms with E-state index in [-0.39, 0.29) is 30.6 Å².